The summed E-state index contributed by atoms with van der Waals surface area (Å²) in [6, 6.07) is 0. The Balaban J connectivity index is 2.17. The minimum atomic E-state index is -0.269. The Morgan fingerprint density at radius 2 is 2.27 bits per heavy atom. The van der Waals surface area contributed by atoms with Gasteiger partial charge in [0, 0.05) is 24.1 Å². The summed E-state index contributed by atoms with van der Waals surface area (Å²) in [4.78, 5) is 11.0. The van der Waals surface area contributed by atoms with E-state index in [1.54, 1.807) is 6.92 Å². The highest BCUT2D eigenvalue weighted by atomic mass is 16.5. The minimum absolute atomic E-state index is 0.269. The Hall–Kier alpha value is -0.870. The van der Waals surface area contributed by atoms with Gasteiger partial charge in [-0.1, -0.05) is 13.0 Å². The average molecular weight is 213 g/mol. The summed E-state index contributed by atoms with van der Waals surface area (Å²) in [6.45, 7) is 7.18. The zero-order chi connectivity index (χ0) is 11.3. The van der Waals surface area contributed by atoms with Gasteiger partial charge < -0.3 is 14.8 Å². The second kappa shape index (κ2) is 5.28. The van der Waals surface area contributed by atoms with Gasteiger partial charge in [-0.15, -0.1) is 0 Å². The maximum Gasteiger partial charge on any atom is 0.333 e. The number of carbonyl (C=O) groups is 1. The Labute approximate surface area is 90.6 Å². The van der Waals surface area contributed by atoms with Gasteiger partial charge in [0.2, 0.25) is 0 Å². The fraction of sp³-hybridized carbons (Fsp3) is 0.727. The number of methoxy groups -OCH3 is 1. The molecule has 1 aliphatic heterocycles. The molecule has 0 aromatic carbocycles. The van der Waals surface area contributed by atoms with Gasteiger partial charge in [0.05, 0.1) is 20.3 Å². The van der Waals surface area contributed by atoms with Crippen molar-refractivity contribution >= 4 is 5.97 Å². The van der Waals surface area contributed by atoms with Crippen molar-refractivity contribution in [2.45, 2.75) is 13.8 Å². The number of esters is 1. The van der Waals surface area contributed by atoms with Crippen molar-refractivity contribution in [1.82, 2.24) is 5.32 Å². The normalized spacial score (nSPS) is 19.5. The molecule has 0 aromatic rings. The van der Waals surface area contributed by atoms with E-state index in [9.17, 15) is 4.79 Å². The Kier molecular flexibility index (Phi) is 4.29. The number of ether oxygens (including phenoxy) is 2. The number of rotatable bonds is 5. The maximum absolute atomic E-state index is 11.0. The zero-order valence-corrected chi connectivity index (χ0v) is 9.63. The smallest absolute Gasteiger partial charge is 0.333 e. The molecule has 0 spiro atoms. The summed E-state index contributed by atoms with van der Waals surface area (Å²) in [5.41, 5.74) is 0.910. The van der Waals surface area contributed by atoms with Gasteiger partial charge in [-0.2, -0.15) is 0 Å². The summed E-state index contributed by atoms with van der Waals surface area (Å²) >= 11 is 0. The molecule has 0 atom stereocenters. The number of nitrogens with one attached hydrogen (secondary N) is 1. The highest BCUT2D eigenvalue weighted by molar-refractivity contribution is 5.87. The molecule has 0 bridgehead atoms. The van der Waals surface area contributed by atoms with Crippen LogP contribution in [0.4, 0.5) is 0 Å². The van der Waals surface area contributed by atoms with E-state index in [0.717, 1.165) is 19.8 Å². The van der Waals surface area contributed by atoms with Crippen LogP contribution in [-0.4, -0.2) is 39.4 Å². The first-order chi connectivity index (χ1) is 7.07. The van der Waals surface area contributed by atoms with Crippen LogP contribution in [0.15, 0.2) is 11.6 Å². The molecule has 1 N–H and O–H groups in total. The highest BCUT2D eigenvalue weighted by Crippen LogP contribution is 2.24. The Bertz CT molecular complexity index is 257. The van der Waals surface area contributed by atoms with Crippen LogP contribution in [0, 0.1) is 5.41 Å². The third-order valence-corrected chi connectivity index (χ3v) is 2.51. The lowest BCUT2D eigenvalue weighted by Gasteiger charge is -2.38. The number of hydrogen-bond donors (Lipinski definition) is 1. The van der Waals surface area contributed by atoms with Gasteiger partial charge in [-0.25, -0.2) is 4.79 Å². The quantitative estimate of drug-likeness (QED) is 0.415. The first-order valence-electron chi connectivity index (χ1n) is 5.11. The third kappa shape index (κ3) is 3.64. The standard InChI is InChI=1S/C11H19NO3/c1-9(10(13)14-3)4-5-12-6-11(2)7-15-8-11/h4,12H,5-8H2,1-3H3/b9-4+. The molecule has 0 radical (unpaired) electrons. The number of hydrogen-bond acceptors (Lipinski definition) is 4. The van der Waals surface area contributed by atoms with Crippen LogP contribution in [0.5, 0.6) is 0 Å². The molecule has 1 aliphatic rings. The molecule has 0 saturated carbocycles. The van der Waals surface area contributed by atoms with E-state index in [1.165, 1.54) is 7.11 Å². The van der Waals surface area contributed by atoms with Crippen LogP contribution in [0.2, 0.25) is 0 Å². The molecule has 1 heterocycles. The van der Waals surface area contributed by atoms with E-state index >= 15 is 0 Å². The summed E-state index contributed by atoms with van der Waals surface area (Å²) in [5.74, 6) is -0.269. The van der Waals surface area contributed by atoms with Crippen molar-refractivity contribution in [3.63, 3.8) is 0 Å². The van der Waals surface area contributed by atoms with Crippen LogP contribution in [0.1, 0.15) is 13.8 Å². The molecule has 0 aliphatic carbocycles. The van der Waals surface area contributed by atoms with E-state index in [4.69, 9.17) is 4.74 Å². The van der Waals surface area contributed by atoms with Crippen molar-refractivity contribution in [1.29, 1.82) is 0 Å². The molecule has 15 heavy (non-hydrogen) atoms. The van der Waals surface area contributed by atoms with Crippen LogP contribution < -0.4 is 5.32 Å². The van der Waals surface area contributed by atoms with Crippen molar-refractivity contribution < 1.29 is 14.3 Å². The molecular formula is C11H19NO3. The molecule has 4 heteroatoms. The molecule has 1 saturated heterocycles. The van der Waals surface area contributed by atoms with Gasteiger partial charge in [0.25, 0.3) is 0 Å². The monoisotopic (exact) mass is 213 g/mol. The fourth-order valence-electron chi connectivity index (χ4n) is 1.40. The lowest BCUT2D eigenvalue weighted by atomic mass is 9.89. The largest absolute Gasteiger partial charge is 0.466 e. The van der Waals surface area contributed by atoms with Gasteiger partial charge in [0.1, 0.15) is 0 Å². The molecule has 0 amide bonds. The van der Waals surface area contributed by atoms with Crippen molar-refractivity contribution in [3.05, 3.63) is 11.6 Å². The van der Waals surface area contributed by atoms with E-state index in [-0.39, 0.29) is 11.4 Å². The van der Waals surface area contributed by atoms with Crippen molar-refractivity contribution in [2.75, 3.05) is 33.4 Å². The summed E-state index contributed by atoms with van der Waals surface area (Å²) in [7, 11) is 1.39. The average Bonchev–Trinajstić information content (AvgIpc) is 2.20. The maximum atomic E-state index is 11.0. The second-order valence-corrected chi connectivity index (χ2v) is 4.31. The molecule has 86 valence electrons. The molecule has 1 fully saturated rings. The Morgan fingerprint density at radius 1 is 1.60 bits per heavy atom. The molecule has 0 aromatic heterocycles. The zero-order valence-electron chi connectivity index (χ0n) is 9.63. The molecular weight excluding hydrogens is 194 g/mol. The van der Waals surface area contributed by atoms with E-state index in [0.29, 0.717) is 12.1 Å². The van der Waals surface area contributed by atoms with E-state index in [2.05, 4.69) is 17.0 Å². The molecule has 1 rings (SSSR count). The van der Waals surface area contributed by atoms with Crippen LogP contribution >= 0.6 is 0 Å². The third-order valence-electron chi connectivity index (χ3n) is 2.51. The second-order valence-electron chi connectivity index (χ2n) is 4.31. The summed E-state index contributed by atoms with van der Waals surface area (Å²) < 4.78 is 9.73. The Morgan fingerprint density at radius 3 is 2.73 bits per heavy atom. The minimum Gasteiger partial charge on any atom is -0.466 e. The van der Waals surface area contributed by atoms with Gasteiger partial charge in [-0.3, -0.25) is 0 Å². The SMILES string of the molecule is COC(=O)/C(C)=C/CNCC1(C)COC1. The summed E-state index contributed by atoms with van der Waals surface area (Å²) in [5, 5.41) is 3.27. The molecule has 0 unspecified atom stereocenters. The van der Waals surface area contributed by atoms with Gasteiger partial charge in [0.15, 0.2) is 0 Å². The lowest BCUT2D eigenvalue weighted by Crippen LogP contribution is -2.47. The topological polar surface area (TPSA) is 47.6 Å². The van der Waals surface area contributed by atoms with Crippen LogP contribution in [0.25, 0.3) is 0 Å². The van der Waals surface area contributed by atoms with E-state index < -0.39 is 0 Å². The molecule has 4 nitrogen and oxygen atoms in total. The predicted octanol–water partition coefficient (Wildman–Crippen LogP) is 0.732. The summed E-state index contributed by atoms with van der Waals surface area (Å²) in [6.07, 6.45) is 1.84. The highest BCUT2D eigenvalue weighted by Gasteiger charge is 2.32. The van der Waals surface area contributed by atoms with E-state index in [1.807, 2.05) is 6.08 Å². The van der Waals surface area contributed by atoms with Crippen molar-refractivity contribution in [3.8, 4) is 0 Å². The number of carbonyl (C=O) groups excluding carboxylic acids is 1. The predicted molar refractivity (Wildman–Crippen MR) is 57.6 cm³/mol. The van der Waals surface area contributed by atoms with Gasteiger partial charge >= 0.3 is 5.97 Å². The van der Waals surface area contributed by atoms with Crippen LogP contribution in [-0.2, 0) is 14.3 Å². The first-order valence-corrected chi connectivity index (χ1v) is 5.11. The van der Waals surface area contributed by atoms with Gasteiger partial charge in [-0.05, 0) is 6.92 Å². The lowest BCUT2D eigenvalue weighted by molar-refractivity contribution is -0.136. The van der Waals surface area contributed by atoms with Crippen molar-refractivity contribution in [2.24, 2.45) is 5.41 Å². The first kappa shape index (κ1) is 12.2. The fourth-order valence-corrected chi connectivity index (χ4v) is 1.40. The van der Waals surface area contributed by atoms with Crippen LogP contribution in [0.3, 0.4) is 0 Å².